The maximum atomic E-state index is 11.9. The van der Waals surface area contributed by atoms with Crippen molar-refractivity contribution in [3.8, 4) is 0 Å². The number of ether oxygens (including phenoxy) is 1. The third kappa shape index (κ3) is 13.9. The van der Waals surface area contributed by atoms with Crippen LogP contribution in [0.25, 0.3) is 0 Å². The van der Waals surface area contributed by atoms with Crippen LogP contribution in [-0.2, 0) is 19.1 Å². The van der Waals surface area contributed by atoms with E-state index in [0.29, 0.717) is 25.4 Å². The molecule has 0 saturated heterocycles. The number of hydrogen-bond acceptors (Lipinski definition) is 4. The summed E-state index contributed by atoms with van der Waals surface area (Å²) in [6.07, 6.45) is 14.0. The molecule has 31 heavy (non-hydrogen) atoms. The van der Waals surface area contributed by atoms with Crippen LogP contribution in [-0.4, -0.2) is 34.7 Å². The van der Waals surface area contributed by atoms with Crippen molar-refractivity contribution in [1.29, 1.82) is 0 Å². The number of hydrogen-bond donors (Lipinski definition) is 2. The lowest BCUT2D eigenvalue weighted by atomic mass is 9.79. The van der Waals surface area contributed by atoms with E-state index in [9.17, 15) is 14.4 Å². The van der Waals surface area contributed by atoms with Crippen molar-refractivity contribution in [3.63, 3.8) is 0 Å². The molecule has 0 radical (unpaired) electrons. The van der Waals surface area contributed by atoms with E-state index in [-0.39, 0.29) is 5.97 Å². The number of aliphatic carboxylic acids is 2. The summed E-state index contributed by atoms with van der Waals surface area (Å²) in [4.78, 5) is 33.1. The van der Waals surface area contributed by atoms with E-state index in [1.807, 2.05) is 0 Å². The van der Waals surface area contributed by atoms with Crippen molar-refractivity contribution in [1.82, 2.24) is 0 Å². The summed E-state index contributed by atoms with van der Waals surface area (Å²) in [6.45, 7) is 8.97. The summed E-state index contributed by atoms with van der Waals surface area (Å²) in [5.74, 6) is -2.98. The van der Waals surface area contributed by atoms with Gasteiger partial charge in [-0.05, 0) is 38.0 Å². The maximum Gasteiger partial charge on any atom is 0.333 e. The van der Waals surface area contributed by atoms with Crippen LogP contribution in [0.4, 0.5) is 0 Å². The van der Waals surface area contributed by atoms with Crippen molar-refractivity contribution in [2.75, 3.05) is 6.61 Å². The minimum atomic E-state index is -0.970. The Morgan fingerprint density at radius 3 is 1.90 bits per heavy atom. The van der Waals surface area contributed by atoms with Crippen LogP contribution >= 0.6 is 0 Å². The highest BCUT2D eigenvalue weighted by Gasteiger charge is 2.35. The first-order valence-electron chi connectivity index (χ1n) is 12.1. The van der Waals surface area contributed by atoms with E-state index in [1.165, 1.54) is 32.1 Å². The molecule has 1 aliphatic carbocycles. The van der Waals surface area contributed by atoms with Crippen LogP contribution in [0, 0.1) is 17.8 Å². The molecule has 1 aliphatic rings. The second-order valence-electron chi connectivity index (χ2n) is 8.85. The van der Waals surface area contributed by atoms with Crippen molar-refractivity contribution >= 4 is 17.9 Å². The number of allylic oxidation sites excluding steroid dienone is 1. The van der Waals surface area contributed by atoms with Crippen molar-refractivity contribution in [2.45, 2.75) is 105 Å². The van der Waals surface area contributed by atoms with Crippen LogP contribution in [0.1, 0.15) is 105 Å². The molecule has 0 spiro atoms. The molecule has 0 aromatic heterocycles. The second kappa shape index (κ2) is 17.8. The molecule has 0 heterocycles. The van der Waals surface area contributed by atoms with Crippen molar-refractivity contribution in [2.24, 2.45) is 17.8 Å². The largest absolute Gasteiger partial charge is 0.481 e. The molecule has 1 rings (SSSR count). The Hall–Kier alpha value is -1.85. The quantitative estimate of drug-likeness (QED) is 0.200. The fourth-order valence-corrected chi connectivity index (χ4v) is 3.64. The Morgan fingerprint density at radius 1 is 0.903 bits per heavy atom. The average molecular weight is 441 g/mol. The van der Waals surface area contributed by atoms with E-state index in [4.69, 9.17) is 14.9 Å². The Kier molecular flexibility index (Phi) is 16.7. The summed E-state index contributed by atoms with van der Waals surface area (Å²) >= 11 is 0. The highest BCUT2D eigenvalue weighted by atomic mass is 16.5. The van der Waals surface area contributed by atoms with Crippen molar-refractivity contribution < 1.29 is 29.3 Å². The fraction of sp³-hybridized carbons (Fsp3) is 0.800. The highest BCUT2D eigenvalue weighted by molar-refractivity contribution is 5.88. The molecule has 2 unspecified atom stereocenters. The number of rotatable bonds is 13. The van der Waals surface area contributed by atoms with Gasteiger partial charge in [0.2, 0.25) is 0 Å². The third-order valence-electron chi connectivity index (χ3n) is 5.43. The lowest BCUT2D eigenvalue weighted by Crippen LogP contribution is -2.32. The van der Waals surface area contributed by atoms with Crippen molar-refractivity contribution in [3.05, 3.63) is 11.6 Å². The third-order valence-corrected chi connectivity index (χ3v) is 5.43. The fourth-order valence-electron chi connectivity index (χ4n) is 3.64. The van der Waals surface area contributed by atoms with Gasteiger partial charge in [-0.15, -0.1) is 0 Å². The van der Waals surface area contributed by atoms with Crippen LogP contribution in [0.5, 0.6) is 0 Å². The maximum absolute atomic E-state index is 11.9. The molecular weight excluding hydrogens is 396 g/mol. The number of unbranched alkanes of at least 4 members (excludes halogenated alkanes) is 5. The monoisotopic (exact) mass is 440 g/mol. The summed E-state index contributed by atoms with van der Waals surface area (Å²) in [6, 6.07) is 0. The molecule has 2 atom stereocenters. The zero-order valence-corrected chi connectivity index (χ0v) is 20.0. The highest BCUT2D eigenvalue weighted by Crippen LogP contribution is 2.30. The van der Waals surface area contributed by atoms with E-state index in [1.54, 1.807) is 0 Å². The summed E-state index contributed by atoms with van der Waals surface area (Å²) in [5.41, 5.74) is 0.874. The molecule has 0 aromatic carbocycles. The smallest absolute Gasteiger partial charge is 0.333 e. The predicted octanol–water partition coefficient (Wildman–Crippen LogP) is 6.23. The Morgan fingerprint density at radius 2 is 1.45 bits per heavy atom. The van der Waals surface area contributed by atoms with E-state index in [2.05, 4.69) is 33.8 Å². The SMILES string of the molecule is CCCCCCCC=C(CCC)C(=O)OCC(C)C.O=C(O)C1CCCCC1C(=O)O. The molecule has 0 bridgehead atoms. The van der Waals surface area contributed by atoms with E-state index < -0.39 is 23.8 Å². The second-order valence-corrected chi connectivity index (χ2v) is 8.85. The molecule has 1 saturated carbocycles. The molecule has 2 N–H and O–H groups in total. The van der Waals surface area contributed by atoms with Gasteiger partial charge in [-0.1, -0.05) is 78.7 Å². The van der Waals surface area contributed by atoms with E-state index >= 15 is 0 Å². The Bertz CT molecular complexity index is 530. The van der Waals surface area contributed by atoms with Crippen LogP contribution in [0.3, 0.4) is 0 Å². The Labute approximate surface area is 188 Å². The number of carboxylic acid groups (broad SMARTS) is 2. The standard InChI is InChI=1S/C17H32O2.C8H12O4/c1-5-7-8-9-10-11-13-16(12-6-2)17(18)19-14-15(3)4;9-7(10)5-3-1-2-4-6(5)8(11)12/h13,15H,5-12,14H2,1-4H3;5-6H,1-4H2,(H,9,10)(H,11,12). The van der Waals surface area contributed by atoms with Crippen LogP contribution in [0.2, 0.25) is 0 Å². The topological polar surface area (TPSA) is 101 Å². The first kappa shape index (κ1) is 29.1. The number of carbonyl (C=O) groups excluding carboxylic acids is 1. The molecule has 0 aliphatic heterocycles. The van der Waals surface area contributed by atoms with Gasteiger partial charge < -0.3 is 14.9 Å². The van der Waals surface area contributed by atoms with Crippen LogP contribution in [0.15, 0.2) is 11.6 Å². The normalized spacial score (nSPS) is 18.8. The molecule has 1 fully saturated rings. The van der Waals surface area contributed by atoms with Crippen LogP contribution < -0.4 is 0 Å². The first-order valence-corrected chi connectivity index (χ1v) is 12.1. The summed E-state index contributed by atoms with van der Waals surface area (Å²) < 4.78 is 5.31. The zero-order valence-electron chi connectivity index (χ0n) is 20.0. The lowest BCUT2D eigenvalue weighted by Gasteiger charge is -2.24. The van der Waals surface area contributed by atoms with Gasteiger partial charge in [0, 0.05) is 5.57 Å². The van der Waals surface area contributed by atoms with Gasteiger partial charge in [0.15, 0.2) is 0 Å². The molecule has 6 nitrogen and oxygen atoms in total. The lowest BCUT2D eigenvalue weighted by molar-refractivity contribution is -0.155. The Balaban J connectivity index is 0.000000639. The summed E-state index contributed by atoms with van der Waals surface area (Å²) in [5, 5.41) is 17.4. The van der Waals surface area contributed by atoms with Gasteiger partial charge in [-0.25, -0.2) is 4.79 Å². The molecule has 6 heteroatoms. The minimum absolute atomic E-state index is 0.107. The molecule has 0 amide bonds. The minimum Gasteiger partial charge on any atom is -0.481 e. The van der Waals surface area contributed by atoms with Gasteiger partial charge in [-0.3, -0.25) is 9.59 Å². The van der Waals surface area contributed by atoms with Gasteiger partial charge in [0.1, 0.15) is 0 Å². The average Bonchev–Trinajstić information content (AvgIpc) is 2.74. The predicted molar refractivity (Wildman–Crippen MR) is 123 cm³/mol. The van der Waals surface area contributed by atoms with Gasteiger partial charge in [-0.2, -0.15) is 0 Å². The number of esters is 1. The molecular formula is C25H44O6. The van der Waals surface area contributed by atoms with Gasteiger partial charge in [0.25, 0.3) is 0 Å². The van der Waals surface area contributed by atoms with E-state index in [0.717, 1.165) is 37.7 Å². The first-order chi connectivity index (χ1) is 14.7. The number of carboxylic acids is 2. The van der Waals surface area contributed by atoms with Gasteiger partial charge in [0.05, 0.1) is 18.4 Å². The molecule has 0 aromatic rings. The zero-order chi connectivity index (χ0) is 23.6. The summed E-state index contributed by atoms with van der Waals surface area (Å²) in [7, 11) is 0. The van der Waals surface area contributed by atoms with Gasteiger partial charge >= 0.3 is 17.9 Å². The molecule has 180 valence electrons. The number of carbonyl (C=O) groups is 3.